The summed E-state index contributed by atoms with van der Waals surface area (Å²) in [5.41, 5.74) is 7.71. The van der Waals surface area contributed by atoms with E-state index >= 15 is 0 Å². The summed E-state index contributed by atoms with van der Waals surface area (Å²) in [5.74, 6) is -2.30. The van der Waals surface area contributed by atoms with Gasteiger partial charge in [-0.3, -0.25) is 4.79 Å². The lowest BCUT2D eigenvalue weighted by Gasteiger charge is -2.05. The Hall–Kier alpha value is -1.96. The first-order chi connectivity index (χ1) is 11.2. The number of hydrazone groups is 1. The zero-order chi connectivity index (χ0) is 18.0. The molecule has 24 heavy (non-hydrogen) atoms. The van der Waals surface area contributed by atoms with Gasteiger partial charge in [0, 0.05) is 11.6 Å². The van der Waals surface area contributed by atoms with Gasteiger partial charge in [0.15, 0.2) is 0 Å². The fourth-order valence-corrected chi connectivity index (χ4v) is 2.37. The van der Waals surface area contributed by atoms with Crippen molar-refractivity contribution in [1.82, 2.24) is 5.43 Å². The lowest BCUT2D eigenvalue weighted by molar-refractivity contribution is -0.379. The Bertz CT molecular complexity index is 858. The fraction of sp³-hybridized carbons (Fsp3) is 0.0714. The zero-order valence-electron chi connectivity index (χ0n) is 12.1. The van der Waals surface area contributed by atoms with Crippen molar-refractivity contribution in [3.63, 3.8) is 0 Å². The van der Waals surface area contributed by atoms with E-state index < -0.39 is 17.5 Å². The van der Waals surface area contributed by atoms with Gasteiger partial charge in [-0.1, -0.05) is 23.2 Å². The number of nitrogen functional groups attached to an aromatic ring is 1. The van der Waals surface area contributed by atoms with Crippen LogP contribution in [0.5, 0.6) is 0 Å². The lowest BCUT2D eigenvalue weighted by Crippen LogP contribution is -2.29. The number of carbonyl (C=O) groups excluding carboxylic acids is 1. The SMILES string of the molecule is C/C(=N\NC(=O)c1[nH+]c(Cl)c(Cl)c(N)c1Cl)c1ccc(F)cc1F. The number of carbonyl (C=O) groups is 1. The minimum absolute atomic E-state index is 0.0220. The second-order valence-electron chi connectivity index (χ2n) is 4.62. The number of benzene rings is 1. The fourth-order valence-electron chi connectivity index (χ4n) is 1.76. The molecule has 2 aromatic rings. The lowest BCUT2D eigenvalue weighted by atomic mass is 10.1. The van der Waals surface area contributed by atoms with Crippen LogP contribution < -0.4 is 16.1 Å². The number of amides is 1. The van der Waals surface area contributed by atoms with Crippen molar-refractivity contribution < 1.29 is 18.6 Å². The summed E-state index contributed by atoms with van der Waals surface area (Å²) in [7, 11) is 0. The highest BCUT2D eigenvalue weighted by atomic mass is 35.5. The molecule has 0 radical (unpaired) electrons. The molecule has 126 valence electrons. The van der Waals surface area contributed by atoms with E-state index in [0.29, 0.717) is 6.07 Å². The average molecular weight is 395 g/mol. The summed E-state index contributed by atoms with van der Waals surface area (Å²) in [6, 6.07) is 2.98. The summed E-state index contributed by atoms with van der Waals surface area (Å²) in [6.45, 7) is 1.44. The molecule has 2 rings (SSSR count). The second kappa shape index (κ2) is 7.29. The number of aromatic amines is 1. The smallest absolute Gasteiger partial charge is 0.337 e. The van der Waals surface area contributed by atoms with Crippen molar-refractivity contribution in [3.05, 3.63) is 56.3 Å². The number of nitrogens with zero attached hydrogens (tertiary/aromatic N) is 1. The monoisotopic (exact) mass is 393 g/mol. The standard InChI is InChI=1S/C14H9Cl3F2N4O/c1-5(7-3-2-6(18)4-8(7)19)22-23-14(24)12-9(15)11(20)10(16)13(17)21-12/h2-4H,1H3,(H2,20,21)(H,23,24)/p+1/b22-5+. The van der Waals surface area contributed by atoms with Gasteiger partial charge in [-0.25, -0.2) is 14.2 Å². The number of halogens is 5. The molecular formula is C14H10Cl3F2N4O+. The van der Waals surface area contributed by atoms with E-state index in [2.05, 4.69) is 15.5 Å². The molecule has 0 saturated heterocycles. The molecule has 0 bridgehead atoms. The number of aromatic nitrogens is 1. The Morgan fingerprint density at radius 1 is 1.25 bits per heavy atom. The predicted molar refractivity (Wildman–Crippen MR) is 88.5 cm³/mol. The van der Waals surface area contributed by atoms with Gasteiger partial charge in [0.2, 0.25) is 0 Å². The zero-order valence-corrected chi connectivity index (χ0v) is 14.3. The van der Waals surface area contributed by atoms with E-state index in [4.69, 9.17) is 40.5 Å². The average Bonchev–Trinajstić information content (AvgIpc) is 2.53. The molecule has 0 aliphatic carbocycles. The maximum absolute atomic E-state index is 13.7. The summed E-state index contributed by atoms with van der Waals surface area (Å²) in [5, 5.41) is 3.51. The van der Waals surface area contributed by atoms with E-state index in [1.807, 2.05) is 0 Å². The number of nitrogens with one attached hydrogen (secondary N) is 2. The van der Waals surface area contributed by atoms with Gasteiger partial charge in [-0.05, 0) is 30.7 Å². The maximum Gasteiger partial charge on any atom is 0.337 e. The Morgan fingerprint density at radius 2 is 1.92 bits per heavy atom. The molecule has 0 saturated carbocycles. The Balaban J connectivity index is 2.27. The van der Waals surface area contributed by atoms with Gasteiger partial charge in [-0.2, -0.15) is 10.1 Å². The quantitative estimate of drug-likeness (QED) is 0.475. The molecule has 0 atom stereocenters. The van der Waals surface area contributed by atoms with Gasteiger partial charge < -0.3 is 5.73 Å². The molecule has 0 unspecified atom stereocenters. The number of hydrogen-bond acceptors (Lipinski definition) is 3. The highest BCUT2D eigenvalue weighted by molar-refractivity contribution is 6.45. The Kier molecular flexibility index (Phi) is 5.58. The Labute approximate surface area is 150 Å². The van der Waals surface area contributed by atoms with E-state index in [0.717, 1.165) is 6.07 Å². The highest BCUT2D eigenvalue weighted by Gasteiger charge is 2.26. The van der Waals surface area contributed by atoms with Crippen LogP contribution in [-0.2, 0) is 0 Å². The van der Waals surface area contributed by atoms with Gasteiger partial charge in [-0.15, -0.1) is 0 Å². The van der Waals surface area contributed by atoms with Gasteiger partial charge in [0.1, 0.15) is 21.7 Å². The first kappa shape index (κ1) is 18.4. The van der Waals surface area contributed by atoms with Crippen LogP contribution in [-0.4, -0.2) is 11.6 Å². The summed E-state index contributed by atoms with van der Waals surface area (Å²) < 4.78 is 26.5. The van der Waals surface area contributed by atoms with E-state index in [-0.39, 0.29) is 37.9 Å². The highest BCUT2D eigenvalue weighted by Crippen LogP contribution is 2.31. The summed E-state index contributed by atoms with van der Waals surface area (Å²) in [4.78, 5) is 14.6. The molecule has 0 spiro atoms. The number of nitrogens with two attached hydrogens (primary N) is 1. The number of hydrogen-bond donors (Lipinski definition) is 2. The van der Waals surface area contributed by atoms with Crippen LogP contribution >= 0.6 is 34.8 Å². The van der Waals surface area contributed by atoms with Crippen LogP contribution in [0.25, 0.3) is 0 Å². The molecule has 1 aromatic carbocycles. The van der Waals surface area contributed by atoms with Gasteiger partial charge >= 0.3 is 5.91 Å². The first-order valence-corrected chi connectivity index (χ1v) is 7.51. The van der Waals surface area contributed by atoms with Crippen molar-refractivity contribution >= 4 is 52.1 Å². The second-order valence-corrected chi connectivity index (χ2v) is 5.75. The van der Waals surface area contributed by atoms with Crippen molar-refractivity contribution in [1.29, 1.82) is 0 Å². The minimum Gasteiger partial charge on any atom is -0.396 e. The van der Waals surface area contributed by atoms with Crippen LogP contribution in [0.4, 0.5) is 14.5 Å². The van der Waals surface area contributed by atoms with Crippen LogP contribution in [0, 0.1) is 11.6 Å². The van der Waals surface area contributed by atoms with Crippen molar-refractivity contribution in [2.24, 2.45) is 5.10 Å². The van der Waals surface area contributed by atoms with E-state index in [9.17, 15) is 13.6 Å². The van der Waals surface area contributed by atoms with Gasteiger partial charge in [0.25, 0.3) is 10.8 Å². The van der Waals surface area contributed by atoms with Crippen molar-refractivity contribution in [3.8, 4) is 0 Å². The van der Waals surface area contributed by atoms with Crippen LogP contribution in [0.1, 0.15) is 23.0 Å². The molecule has 1 heterocycles. The molecule has 1 amide bonds. The van der Waals surface area contributed by atoms with Crippen molar-refractivity contribution in [2.45, 2.75) is 6.92 Å². The van der Waals surface area contributed by atoms with E-state index in [1.54, 1.807) is 0 Å². The number of pyridine rings is 1. The molecular weight excluding hydrogens is 385 g/mol. The van der Waals surface area contributed by atoms with Crippen LogP contribution in [0.2, 0.25) is 15.2 Å². The Morgan fingerprint density at radius 3 is 2.54 bits per heavy atom. The largest absolute Gasteiger partial charge is 0.396 e. The third-order valence-electron chi connectivity index (χ3n) is 2.99. The summed E-state index contributed by atoms with van der Waals surface area (Å²) in [6.07, 6.45) is 0. The van der Waals surface area contributed by atoms with Crippen molar-refractivity contribution in [2.75, 3.05) is 5.73 Å². The molecule has 1 aromatic heterocycles. The molecule has 4 N–H and O–H groups in total. The molecule has 5 nitrogen and oxygen atoms in total. The third-order valence-corrected chi connectivity index (χ3v) is 4.16. The predicted octanol–water partition coefficient (Wildman–Crippen LogP) is 3.48. The minimum atomic E-state index is -0.811. The number of anilines is 1. The molecule has 0 aliphatic rings. The number of H-pyrrole nitrogens is 1. The van der Waals surface area contributed by atoms with E-state index in [1.165, 1.54) is 13.0 Å². The number of rotatable bonds is 3. The topological polar surface area (TPSA) is 81.6 Å². The van der Waals surface area contributed by atoms with Gasteiger partial charge in [0.05, 0.1) is 11.4 Å². The summed E-state index contributed by atoms with van der Waals surface area (Å²) >= 11 is 17.5. The first-order valence-electron chi connectivity index (χ1n) is 6.37. The van der Waals surface area contributed by atoms with Crippen LogP contribution in [0.3, 0.4) is 0 Å². The molecule has 0 aliphatic heterocycles. The van der Waals surface area contributed by atoms with Crippen LogP contribution in [0.15, 0.2) is 23.3 Å². The molecule has 10 heteroatoms. The molecule has 0 fully saturated rings. The third kappa shape index (κ3) is 3.75. The maximum atomic E-state index is 13.7. The normalized spacial score (nSPS) is 11.5.